The molecule has 0 spiro atoms. The summed E-state index contributed by atoms with van der Waals surface area (Å²) in [4.78, 5) is 0. The van der Waals surface area contributed by atoms with Gasteiger partial charge in [-0.05, 0) is 34.5 Å². The maximum atomic E-state index is 12.8. The van der Waals surface area contributed by atoms with E-state index >= 15 is 0 Å². The fourth-order valence-electron chi connectivity index (χ4n) is 0.863. The van der Waals surface area contributed by atoms with Gasteiger partial charge < -0.3 is 5.11 Å². The first-order valence-electron chi connectivity index (χ1n) is 3.35. The van der Waals surface area contributed by atoms with Gasteiger partial charge in [-0.2, -0.15) is 0 Å². The Morgan fingerprint density at radius 2 is 2.00 bits per heavy atom. The van der Waals surface area contributed by atoms with Gasteiger partial charge >= 0.3 is 0 Å². The van der Waals surface area contributed by atoms with Crippen LogP contribution in [0.3, 0.4) is 0 Å². The van der Waals surface area contributed by atoms with E-state index in [1.165, 1.54) is 13.0 Å². The summed E-state index contributed by atoms with van der Waals surface area (Å²) in [5.41, 5.74) is 0.342. The highest BCUT2D eigenvalue weighted by molar-refractivity contribution is 9.10. The Labute approximate surface area is 77.2 Å². The van der Waals surface area contributed by atoms with Crippen LogP contribution < -0.4 is 0 Å². The number of rotatable bonds is 1. The molecule has 0 fully saturated rings. The van der Waals surface area contributed by atoms with Crippen molar-refractivity contribution in [3.63, 3.8) is 0 Å². The highest BCUT2D eigenvalue weighted by Crippen LogP contribution is 2.27. The van der Waals surface area contributed by atoms with Crippen LogP contribution in [0, 0.1) is 11.6 Å². The van der Waals surface area contributed by atoms with Gasteiger partial charge in [0.2, 0.25) is 0 Å². The Morgan fingerprint density at radius 1 is 1.42 bits per heavy atom. The summed E-state index contributed by atoms with van der Waals surface area (Å²) in [5, 5.41) is 9.10. The van der Waals surface area contributed by atoms with Crippen molar-refractivity contribution in [1.29, 1.82) is 0 Å². The van der Waals surface area contributed by atoms with E-state index in [-0.39, 0.29) is 4.47 Å². The molecular formula is C8H7BrF2O. The standard InChI is InChI=1S/C8H7BrF2O/c1-4(12)5-2-3-6(10)8(11)7(5)9/h2-4,12H,1H3/t4-/m0/s1. The molecule has 0 aliphatic heterocycles. The molecule has 0 heterocycles. The van der Waals surface area contributed by atoms with Crippen LogP contribution in [-0.2, 0) is 0 Å². The van der Waals surface area contributed by atoms with Crippen molar-refractivity contribution in [2.75, 3.05) is 0 Å². The van der Waals surface area contributed by atoms with E-state index in [1.807, 2.05) is 0 Å². The van der Waals surface area contributed by atoms with Crippen LogP contribution in [0.25, 0.3) is 0 Å². The third-order valence-corrected chi connectivity index (χ3v) is 2.32. The molecular weight excluding hydrogens is 230 g/mol. The van der Waals surface area contributed by atoms with Gasteiger partial charge in [0.15, 0.2) is 11.6 Å². The lowest BCUT2D eigenvalue weighted by Gasteiger charge is -2.07. The van der Waals surface area contributed by atoms with Gasteiger partial charge in [-0.3, -0.25) is 0 Å². The molecule has 1 rings (SSSR count). The molecule has 1 nitrogen and oxygen atoms in total. The zero-order valence-corrected chi connectivity index (χ0v) is 7.90. The second-order valence-corrected chi connectivity index (χ2v) is 3.23. The fourth-order valence-corrected chi connectivity index (χ4v) is 1.52. The number of aliphatic hydroxyl groups is 1. The van der Waals surface area contributed by atoms with E-state index in [0.29, 0.717) is 5.56 Å². The molecule has 1 aromatic rings. The predicted molar refractivity (Wildman–Crippen MR) is 44.7 cm³/mol. The molecule has 4 heteroatoms. The molecule has 0 bridgehead atoms. The zero-order valence-electron chi connectivity index (χ0n) is 6.31. The molecule has 0 aromatic heterocycles. The normalized spacial score (nSPS) is 13.1. The number of hydrogen-bond donors (Lipinski definition) is 1. The number of hydrogen-bond acceptors (Lipinski definition) is 1. The summed E-state index contributed by atoms with van der Waals surface area (Å²) in [7, 11) is 0. The average Bonchev–Trinajstić information content (AvgIpc) is 2.00. The van der Waals surface area contributed by atoms with Crippen molar-refractivity contribution in [3.8, 4) is 0 Å². The molecule has 0 radical (unpaired) electrons. The van der Waals surface area contributed by atoms with Crippen molar-refractivity contribution in [2.24, 2.45) is 0 Å². The van der Waals surface area contributed by atoms with Crippen molar-refractivity contribution in [3.05, 3.63) is 33.8 Å². The highest BCUT2D eigenvalue weighted by atomic mass is 79.9. The molecule has 12 heavy (non-hydrogen) atoms. The van der Waals surface area contributed by atoms with Gasteiger partial charge in [0.25, 0.3) is 0 Å². The fraction of sp³-hybridized carbons (Fsp3) is 0.250. The SMILES string of the molecule is C[C@H](O)c1ccc(F)c(F)c1Br. The third-order valence-electron chi connectivity index (χ3n) is 1.52. The van der Waals surface area contributed by atoms with Crippen LogP contribution in [0.2, 0.25) is 0 Å². The number of benzene rings is 1. The van der Waals surface area contributed by atoms with E-state index in [1.54, 1.807) is 0 Å². The first kappa shape index (κ1) is 9.61. The summed E-state index contributed by atoms with van der Waals surface area (Å²) in [6.45, 7) is 1.48. The van der Waals surface area contributed by atoms with Crippen molar-refractivity contribution in [1.82, 2.24) is 0 Å². The molecule has 0 aliphatic carbocycles. The summed E-state index contributed by atoms with van der Waals surface area (Å²) in [6, 6.07) is 2.33. The van der Waals surface area contributed by atoms with E-state index in [9.17, 15) is 8.78 Å². The molecule has 0 aliphatic rings. The molecule has 1 N–H and O–H groups in total. The lowest BCUT2D eigenvalue weighted by atomic mass is 10.1. The molecule has 1 aromatic carbocycles. The van der Waals surface area contributed by atoms with Crippen LogP contribution in [0.1, 0.15) is 18.6 Å². The smallest absolute Gasteiger partial charge is 0.173 e. The van der Waals surface area contributed by atoms with Gasteiger partial charge in [-0.15, -0.1) is 0 Å². The minimum Gasteiger partial charge on any atom is -0.389 e. The largest absolute Gasteiger partial charge is 0.389 e. The molecule has 66 valence electrons. The third kappa shape index (κ3) is 1.64. The lowest BCUT2D eigenvalue weighted by Crippen LogP contribution is -1.96. The Kier molecular flexibility index (Phi) is 2.80. The molecule has 0 amide bonds. The molecule has 0 unspecified atom stereocenters. The molecule has 0 saturated carbocycles. The predicted octanol–water partition coefficient (Wildman–Crippen LogP) is 2.78. The highest BCUT2D eigenvalue weighted by Gasteiger charge is 2.13. The van der Waals surface area contributed by atoms with Crippen molar-refractivity contribution < 1.29 is 13.9 Å². The van der Waals surface area contributed by atoms with E-state index in [0.717, 1.165) is 6.07 Å². The lowest BCUT2D eigenvalue weighted by molar-refractivity contribution is 0.197. The Hall–Kier alpha value is -0.480. The minimum atomic E-state index is -0.964. The number of aliphatic hydroxyl groups excluding tert-OH is 1. The molecule has 1 atom stereocenters. The summed E-state index contributed by atoms with van der Waals surface area (Å²) in [5.74, 6) is -1.89. The van der Waals surface area contributed by atoms with Crippen LogP contribution in [0.15, 0.2) is 16.6 Å². The minimum absolute atomic E-state index is 0.0162. The maximum Gasteiger partial charge on any atom is 0.173 e. The van der Waals surface area contributed by atoms with Gasteiger partial charge in [0.1, 0.15) is 0 Å². The summed E-state index contributed by atoms with van der Waals surface area (Å²) in [6.07, 6.45) is -0.811. The van der Waals surface area contributed by atoms with Crippen molar-refractivity contribution >= 4 is 15.9 Å². The van der Waals surface area contributed by atoms with Gasteiger partial charge in [-0.25, -0.2) is 8.78 Å². The zero-order chi connectivity index (χ0) is 9.30. The maximum absolute atomic E-state index is 12.8. The van der Waals surface area contributed by atoms with Crippen LogP contribution in [-0.4, -0.2) is 5.11 Å². The first-order valence-corrected chi connectivity index (χ1v) is 4.14. The molecule has 0 saturated heterocycles. The summed E-state index contributed by atoms with van der Waals surface area (Å²) >= 11 is 2.86. The van der Waals surface area contributed by atoms with E-state index < -0.39 is 17.7 Å². The Balaban J connectivity index is 3.27. The number of halogens is 3. The van der Waals surface area contributed by atoms with Gasteiger partial charge in [0, 0.05) is 0 Å². The van der Waals surface area contributed by atoms with E-state index in [4.69, 9.17) is 5.11 Å². The van der Waals surface area contributed by atoms with Gasteiger partial charge in [0.05, 0.1) is 10.6 Å². The van der Waals surface area contributed by atoms with E-state index in [2.05, 4.69) is 15.9 Å². The Bertz CT molecular complexity index is 299. The van der Waals surface area contributed by atoms with Crippen LogP contribution in [0.5, 0.6) is 0 Å². The van der Waals surface area contributed by atoms with Crippen LogP contribution in [0.4, 0.5) is 8.78 Å². The quantitative estimate of drug-likeness (QED) is 0.744. The van der Waals surface area contributed by atoms with Crippen molar-refractivity contribution in [2.45, 2.75) is 13.0 Å². The summed E-state index contributed by atoms with van der Waals surface area (Å²) < 4.78 is 25.3. The first-order chi connectivity index (χ1) is 5.54. The monoisotopic (exact) mass is 236 g/mol. The average molecular weight is 237 g/mol. The van der Waals surface area contributed by atoms with Crippen LogP contribution >= 0.6 is 15.9 Å². The second-order valence-electron chi connectivity index (χ2n) is 2.44. The topological polar surface area (TPSA) is 20.2 Å². The van der Waals surface area contributed by atoms with Gasteiger partial charge in [-0.1, -0.05) is 6.07 Å². The second kappa shape index (κ2) is 3.49. The Morgan fingerprint density at radius 3 is 2.50 bits per heavy atom.